The zero-order chi connectivity index (χ0) is 17.4. The highest BCUT2D eigenvalue weighted by Gasteiger charge is 2.29. The molecule has 1 fully saturated rings. The Morgan fingerprint density at radius 3 is 2.71 bits per heavy atom. The SMILES string of the molecule is CC(C)(CNC(=O)OCc1ccccc1)OC(=O)C1CCCNC1. The van der Waals surface area contributed by atoms with Crippen molar-refractivity contribution in [3.63, 3.8) is 0 Å². The average Bonchev–Trinajstić information content (AvgIpc) is 2.59. The van der Waals surface area contributed by atoms with Crippen molar-refractivity contribution < 1.29 is 19.1 Å². The van der Waals surface area contributed by atoms with E-state index >= 15 is 0 Å². The lowest BCUT2D eigenvalue weighted by atomic mass is 9.99. The van der Waals surface area contributed by atoms with Gasteiger partial charge in [-0.15, -0.1) is 0 Å². The number of benzene rings is 1. The molecule has 1 aromatic carbocycles. The Morgan fingerprint density at radius 2 is 2.04 bits per heavy atom. The van der Waals surface area contributed by atoms with Crippen molar-refractivity contribution in [2.75, 3.05) is 19.6 Å². The van der Waals surface area contributed by atoms with E-state index in [9.17, 15) is 9.59 Å². The van der Waals surface area contributed by atoms with Crippen molar-refractivity contribution in [2.24, 2.45) is 5.92 Å². The molecule has 0 saturated carbocycles. The summed E-state index contributed by atoms with van der Waals surface area (Å²) in [6, 6.07) is 9.45. The molecule has 1 unspecified atom stereocenters. The number of hydrogen-bond donors (Lipinski definition) is 2. The highest BCUT2D eigenvalue weighted by molar-refractivity contribution is 5.73. The van der Waals surface area contributed by atoms with Crippen molar-refractivity contribution in [3.8, 4) is 0 Å². The molecule has 2 N–H and O–H groups in total. The Bertz CT molecular complexity index is 539. The Morgan fingerprint density at radius 1 is 1.29 bits per heavy atom. The number of amides is 1. The van der Waals surface area contributed by atoms with E-state index in [0.717, 1.165) is 24.9 Å². The van der Waals surface area contributed by atoms with E-state index in [1.807, 2.05) is 30.3 Å². The van der Waals surface area contributed by atoms with E-state index in [-0.39, 0.29) is 25.0 Å². The molecular weight excluding hydrogens is 308 g/mol. The third-order valence-corrected chi connectivity index (χ3v) is 3.88. The Kier molecular flexibility index (Phi) is 6.61. The quantitative estimate of drug-likeness (QED) is 0.780. The smallest absolute Gasteiger partial charge is 0.407 e. The molecule has 2 rings (SSSR count). The van der Waals surface area contributed by atoms with Crippen LogP contribution in [0.2, 0.25) is 0 Å². The first-order valence-corrected chi connectivity index (χ1v) is 8.34. The second-order valence-corrected chi connectivity index (χ2v) is 6.64. The second-order valence-electron chi connectivity index (χ2n) is 6.64. The molecule has 132 valence electrons. The molecule has 1 aliphatic heterocycles. The Labute approximate surface area is 142 Å². The van der Waals surface area contributed by atoms with Gasteiger partial charge < -0.3 is 20.1 Å². The predicted octanol–water partition coefficient (Wildman–Crippen LogP) is 2.23. The van der Waals surface area contributed by atoms with Gasteiger partial charge in [-0.1, -0.05) is 30.3 Å². The van der Waals surface area contributed by atoms with Crippen LogP contribution in [0.5, 0.6) is 0 Å². The molecule has 1 atom stereocenters. The fraction of sp³-hybridized carbons (Fsp3) is 0.556. The van der Waals surface area contributed by atoms with Crippen LogP contribution in [0.3, 0.4) is 0 Å². The number of alkyl carbamates (subject to hydrolysis) is 1. The fourth-order valence-corrected chi connectivity index (χ4v) is 2.50. The maximum atomic E-state index is 12.2. The van der Waals surface area contributed by atoms with Crippen LogP contribution in [-0.4, -0.2) is 37.3 Å². The number of piperidine rings is 1. The number of carbonyl (C=O) groups is 2. The summed E-state index contributed by atoms with van der Waals surface area (Å²) in [6.07, 6.45) is 1.29. The largest absolute Gasteiger partial charge is 0.458 e. The van der Waals surface area contributed by atoms with Crippen LogP contribution >= 0.6 is 0 Å². The van der Waals surface area contributed by atoms with E-state index < -0.39 is 11.7 Å². The minimum Gasteiger partial charge on any atom is -0.458 e. The van der Waals surface area contributed by atoms with Gasteiger partial charge in [0.2, 0.25) is 0 Å². The number of nitrogens with one attached hydrogen (secondary N) is 2. The molecule has 0 spiro atoms. The van der Waals surface area contributed by atoms with Gasteiger partial charge in [0, 0.05) is 6.54 Å². The maximum absolute atomic E-state index is 12.2. The first-order valence-electron chi connectivity index (χ1n) is 8.34. The lowest BCUT2D eigenvalue weighted by molar-refractivity contribution is -0.161. The fourth-order valence-electron chi connectivity index (χ4n) is 2.50. The number of carbonyl (C=O) groups excluding carboxylic acids is 2. The number of esters is 1. The summed E-state index contributed by atoms with van der Waals surface area (Å²) >= 11 is 0. The summed E-state index contributed by atoms with van der Waals surface area (Å²) in [5.41, 5.74) is 0.142. The van der Waals surface area contributed by atoms with Crippen LogP contribution in [0.25, 0.3) is 0 Å². The van der Waals surface area contributed by atoms with Gasteiger partial charge in [-0.2, -0.15) is 0 Å². The Balaban J connectivity index is 1.70. The summed E-state index contributed by atoms with van der Waals surface area (Å²) in [6.45, 7) is 5.56. The molecule has 1 heterocycles. The molecule has 0 bridgehead atoms. The topological polar surface area (TPSA) is 76.7 Å². The van der Waals surface area contributed by atoms with Crippen LogP contribution in [0.4, 0.5) is 4.79 Å². The number of ether oxygens (including phenoxy) is 2. The summed E-state index contributed by atoms with van der Waals surface area (Å²) in [7, 11) is 0. The van der Waals surface area contributed by atoms with Crippen LogP contribution in [0.1, 0.15) is 32.3 Å². The molecule has 1 saturated heterocycles. The maximum Gasteiger partial charge on any atom is 0.407 e. The first-order chi connectivity index (χ1) is 11.5. The van der Waals surface area contributed by atoms with Crippen molar-refractivity contribution in [1.29, 1.82) is 0 Å². The first kappa shape index (κ1) is 18.3. The van der Waals surface area contributed by atoms with E-state index in [1.54, 1.807) is 13.8 Å². The molecule has 6 heteroatoms. The van der Waals surface area contributed by atoms with E-state index in [2.05, 4.69) is 10.6 Å². The average molecular weight is 334 g/mol. The molecule has 0 aromatic heterocycles. The molecule has 24 heavy (non-hydrogen) atoms. The van der Waals surface area contributed by atoms with Crippen LogP contribution in [0, 0.1) is 5.92 Å². The minimum absolute atomic E-state index is 0.108. The molecular formula is C18H26N2O4. The highest BCUT2D eigenvalue weighted by atomic mass is 16.6. The molecule has 0 radical (unpaired) electrons. The van der Waals surface area contributed by atoms with Crippen molar-refractivity contribution in [3.05, 3.63) is 35.9 Å². The van der Waals surface area contributed by atoms with Gasteiger partial charge in [-0.3, -0.25) is 4.79 Å². The number of rotatable bonds is 6. The third-order valence-electron chi connectivity index (χ3n) is 3.88. The summed E-state index contributed by atoms with van der Waals surface area (Å²) < 4.78 is 10.7. The predicted molar refractivity (Wildman–Crippen MR) is 90.4 cm³/mol. The zero-order valence-corrected chi connectivity index (χ0v) is 14.3. The molecule has 1 aliphatic rings. The van der Waals surface area contributed by atoms with Crippen molar-refractivity contribution >= 4 is 12.1 Å². The van der Waals surface area contributed by atoms with Crippen LogP contribution in [-0.2, 0) is 20.9 Å². The van der Waals surface area contributed by atoms with E-state index in [0.29, 0.717) is 6.54 Å². The van der Waals surface area contributed by atoms with E-state index in [1.165, 1.54) is 0 Å². The third kappa shape index (κ3) is 6.20. The zero-order valence-electron chi connectivity index (χ0n) is 14.3. The standard InChI is InChI=1S/C18H26N2O4/c1-18(2,24-16(21)15-9-6-10-19-11-15)13-20-17(22)23-12-14-7-4-3-5-8-14/h3-5,7-8,15,19H,6,9-13H2,1-2H3,(H,20,22). The molecule has 1 aromatic rings. The normalized spacial score (nSPS) is 17.8. The Hall–Kier alpha value is -2.08. The molecule has 1 amide bonds. The van der Waals surface area contributed by atoms with Gasteiger partial charge in [-0.25, -0.2) is 4.79 Å². The lowest BCUT2D eigenvalue weighted by Crippen LogP contribution is -2.45. The number of hydrogen-bond acceptors (Lipinski definition) is 5. The van der Waals surface area contributed by atoms with Gasteiger partial charge in [0.1, 0.15) is 12.2 Å². The molecule has 6 nitrogen and oxygen atoms in total. The van der Waals surface area contributed by atoms with Gasteiger partial charge in [0.05, 0.1) is 12.5 Å². The van der Waals surface area contributed by atoms with Gasteiger partial charge >= 0.3 is 12.1 Å². The monoisotopic (exact) mass is 334 g/mol. The minimum atomic E-state index is -0.777. The lowest BCUT2D eigenvalue weighted by Gasteiger charge is -2.29. The van der Waals surface area contributed by atoms with Crippen molar-refractivity contribution in [1.82, 2.24) is 10.6 Å². The van der Waals surface area contributed by atoms with Gasteiger partial charge in [-0.05, 0) is 38.8 Å². The van der Waals surface area contributed by atoms with E-state index in [4.69, 9.17) is 9.47 Å². The molecule has 0 aliphatic carbocycles. The van der Waals surface area contributed by atoms with Crippen molar-refractivity contribution in [2.45, 2.75) is 38.9 Å². The van der Waals surface area contributed by atoms with Gasteiger partial charge in [0.15, 0.2) is 0 Å². The van der Waals surface area contributed by atoms with Crippen LogP contribution < -0.4 is 10.6 Å². The van der Waals surface area contributed by atoms with Crippen LogP contribution in [0.15, 0.2) is 30.3 Å². The summed E-state index contributed by atoms with van der Waals surface area (Å²) in [4.78, 5) is 23.9. The summed E-state index contributed by atoms with van der Waals surface area (Å²) in [5.74, 6) is -0.324. The second kappa shape index (κ2) is 8.68. The summed E-state index contributed by atoms with van der Waals surface area (Å²) in [5, 5.41) is 5.84. The van der Waals surface area contributed by atoms with Gasteiger partial charge in [0.25, 0.3) is 0 Å². The highest BCUT2D eigenvalue weighted by Crippen LogP contribution is 2.17.